The van der Waals surface area contributed by atoms with E-state index in [1.807, 2.05) is 42.5 Å². The van der Waals surface area contributed by atoms with E-state index in [9.17, 15) is 4.79 Å². The van der Waals surface area contributed by atoms with Gasteiger partial charge in [-0.1, -0.05) is 66.4 Å². The first-order valence-corrected chi connectivity index (χ1v) is 14.7. The molecule has 0 spiro atoms. The number of nitrogens with zero attached hydrogens (tertiary/aromatic N) is 4. The lowest BCUT2D eigenvalue weighted by molar-refractivity contribution is 0.0948. The fourth-order valence-electron chi connectivity index (χ4n) is 4.55. The number of carbonyl (C=O) groups excluding carboxylic acids is 1. The predicted octanol–water partition coefficient (Wildman–Crippen LogP) is 5.27. The monoisotopic (exact) mass is 569 g/mol. The lowest BCUT2D eigenvalue weighted by Crippen LogP contribution is -2.46. The molecule has 212 valence electrons. The van der Waals surface area contributed by atoms with Crippen LogP contribution in [0.3, 0.4) is 0 Å². The fraction of sp³-hybridized carbons (Fsp3) is 0.281. The van der Waals surface area contributed by atoms with E-state index in [4.69, 9.17) is 19.1 Å². The molecule has 4 aromatic rings. The number of rotatable bonds is 12. The summed E-state index contributed by atoms with van der Waals surface area (Å²) in [4.78, 5) is 26.9. The summed E-state index contributed by atoms with van der Waals surface area (Å²) in [6.07, 6.45) is 6.02. The smallest absolute Gasteiger partial charge is 0.251 e. The van der Waals surface area contributed by atoms with Gasteiger partial charge >= 0.3 is 0 Å². The molecule has 1 N–H and O–H groups in total. The average Bonchev–Trinajstić information content (AvgIpc) is 3.54. The van der Waals surface area contributed by atoms with E-state index in [0.29, 0.717) is 24.5 Å². The first-order valence-electron chi connectivity index (χ1n) is 13.7. The summed E-state index contributed by atoms with van der Waals surface area (Å²) in [7, 11) is 1.68. The maximum absolute atomic E-state index is 12.4. The molecule has 0 radical (unpaired) electrons. The van der Waals surface area contributed by atoms with Crippen LogP contribution in [0.15, 0.2) is 94.7 Å². The minimum Gasteiger partial charge on any atom is -0.467 e. The number of anilines is 1. The molecule has 1 aliphatic rings. The van der Waals surface area contributed by atoms with E-state index >= 15 is 0 Å². The number of hydrogen-bond acceptors (Lipinski definition) is 8. The molecule has 0 unspecified atom stereocenters. The van der Waals surface area contributed by atoms with Crippen molar-refractivity contribution in [2.75, 3.05) is 44.7 Å². The largest absolute Gasteiger partial charge is 0.467 e. The van der Waals surface area contributed by atoms with Gasteiger partial charge in [-0.2, -0.15) is 0 Å². The van der Waals surface area contributed by atoms with Crippen LogP contribution in [-0.2, 0) is 23.6 Å². The molecule has 1 amide bonds. The third kappa shape index (κ3) is 8.53. The number of aromatic nitrogens is 2. The van der Waals surface area contributed by atoms with Crippen LogP contribution in [-0.4, -0.2) is 60.6 Å². The van der Waals surface area contributed by atoms with Crippen molar-refractivity contribution in [3.05, 3.63) is 113 Å². The molecule has 8 nitrogen and oxygen atoms in total. The molecule has 9 heteroatoms. The fourth-order valence-corrected chi connectivity index (χ4v) is 5.38. The molecule has 2 aromatic heterocycles. The molecule has 0 aliphatic carbocycles. The molecular formula is C32H35N5O3S. The van der Waals surface area contributed by atoms with Crippen molar-refractivity contribution in [1.29, 1.82) is 0 Å². The van der Waals surface area contributed by atoms with Gasteiger partial charge in [0.05, 0.1) is 25.1 Å². The Kier molecular flexibility index (Phi) is 10.2. The van der Waals surface area contributed by atoms with Crippen LogP contribution in [0.5, 0.6) is 0 Å². The van der Waals surface area contributed by atoms with E-state index in [-0.39, 0.29) is 5.91 Å². The third-order valence-corrected chi connectivity index (χ3v) is 7.71. The topological polar surface area (TPSA) is 83.7 Å². The van der Waals surface area contributed by atoms with E-state index in [0.717, 1.165) is 60.7 Å². The van der Waals surface area contributed by atoms with Gasteiger partial charge in [0.2, 0.25) is 0 Å². The standard InChI is InChI=1S/C32H35N5O3S/c1-39-23-28-21-30(37-18-16-36(17-19-37)15-5-9-25-7-3-2-4-8-25)35-32(34-28)41-24-26-11-13-27(14-12-26)31(38)33-22-29-10-6-20-40-29/h2-14,20-21H,15-19,22-24H2,1H3,(H,33,38). The number of furan rings is 1. The van der Waals surface area contributed by atoms with Gasteiger partial charge < -0.3 is 19.4 Å². The molecule has 2 aromatic carbocycles. The number of amides is 1. The molecule has 3 heterocycles. The first-order chi connectivity index (χ1) is 20.2. The summed E-state index contributed by atoms with van der Waals surface area (Å²) >= 11 is 1.59. The molecule has 0 bridgehead atoms. The second-order valence-electron chi connectivity index (χ2n) is 9.78. The number of piperazine rings is 1. The van der Waals surface area contributed by atoms with Crippen molar-refractivity contribution in [3.63, 3.8) is 0 Å². The second kappa shape index (κ2) is 14.6. The van der Waals surface area contributed by atoms with Gasteiger partial charge in [0.25, 0.3) is 5.91 Å². The molecule has 1 aliphatic heterocycles. The Morgan fingerprint density at radius 3 is 2.56 bits per heavy atom. The zero-order chi connectivity index (χ0) is 28.3. The summed E-state index contributed by atoms with van der Waals surface area (Å²) in [6, 6.07) is 23.7. The van der Waals surface area contributed by atoms with Crippen LogP contribution in [0.25, 0.3) is 6.08 Å². The normalized spacial score (nSPS) is 14.0. The van der Waals surface area contributed by atoms with Gasteiger partial charge in [-0.05, 0) is 35.4 Å². The van der Waals surface area contributed by atoms with Gasteiger partial charge in [-0.15, -0.1) is 0 Å². The number of carbonyl (C=O) groups is 1. The number of methoxy groups -OCH3 is 1. The Morgan fingerprint density at radius 1 is 1.02 bits per heavy atom. The Labute approximate surface area is 245 Å². The Morgan fingerprint density at radius 2 is 1.83 bits per heavy atom. The van der Waals surface area contributed by atoms with E-state index in [1.54, 1.807) is 31.2 Å². The highest BCUT2D eigenvalue weighted by Gasteiger charge is 2.19. The highest BCUT2D eigenvalue weighted by molar-refractivity contribution is 7.98. The van der Waals surface area contributed by atoms with E-state index in [1.165, 1.54) is 5.56 Å². The minimum absolute atomic E-state index is 0.131. The first kappa shape index (κ1) is 28.6. The zero-order valence-corrected chi connectivity index (χ0v) is 24.1. The van der Waals surface area contributed by atoms with E-state index in [2.05, 4.69) is 51.5 Å². The van der Waals surface area contributed by atoms with E-state index < -0.39 is 0 Å². The predicted molar refractivity (Wildman–Crippen MR) is 163 cm³/mol. The van der Waals surface area contributed by atoms with Crippen molar-refractivity contribution in [2.45, 2.75) is 24.1 Å². The zero-order valence-electron chi connectivity index (χ0n) is 23.2. The highest BCUT2D eigenvalue weighted by Crippen LogP contribution is 2.24. The Hall–Kier alpha value is -3.92. The molecule has 1 fully saturated rings. The summed E-state index contributed by atoms with van der Waals surface area (Å²) in [5, 5.41) is 3.60. The highest BCUT2D eigenvalue weighted by atomic mass is 32.2. The second-order valence-corrected chi connectivity index (χ2v) is 10.7. The Bertz CT molecular complexity index is 1400. The van der Waals surface area contributed by atoms with Crippen LogP contribution in [0, 0.1) is 0 Å². The van der Waals surface area contributed by atoms with Gasteiger partial charge in [0.15, 0.2) is 5.16 Å². The van der Waals surface area contributed by atoms with Crippen LogP contribution in [0.4, 0.5) is 5.82 Å². The van der Waals surface area contributed by atoms with Crippen LogP contribution in [0.1, 0.15) is 32.9 Å². The molecule has 5 rings (SSSR count). The average molecular weight is 570 g/mol. The SMILES string of the molecule is COCc1cc(N2CCN(CC=Cc3ccccc3)CC2)nc(SCc2ccc(C(=O)NCc3ccco3)cc2)n1. The van der Waals surface area contributed by atoms with Crippen molar-refractivity contribution in [2.24, 2.45) is 0 Å². The molecule has 1 saturated heterocycles. The van der Waals surface area contributed by atoms with Crippen LogP contribution < -0.4 is 10.2 Å². The molecule has 0 saturated carbocycles. The number of thioether (sulfide) groups is 1. The number of ether oxygens (including phenoxy) is 1. The molecule has 41 heavy (non-hydrogen) atoms. The number of hydrogen-bond donors (Lipinski definition) is 1. The molecular weight excluding hydrogens is 534 g/mol. The quantitative estimate of drug-likeness (QED) is 0.182. The maximum Gasteiger partial charge on any atom is 0.251 e. The lowest BCUT2D eigenvalue weighted by atomic mass is 10.1. The van der Waals surface area contributed by atoms with Gasteiger partial charge in [0, 0.05) is 57.2 Å². The minimum atomic E-state index is -0.131. The summed E-state index contributed by atoms with van der Waals surface area (Å²) in [5.41, 5.74) is 3.81. The van der Waals surface area contributed by atoms with Crippen molar-refractivity contribution in [1.82, 2.24) is 20.2 Å². The Balaban J connectivity index is 1.14. The summed E-state index contributed by atoms with van der Waals surface area (Å²) in [5.74, 6) is 2.23. The summed E-state index contributed by atoms with van der Waals surface area (Å²) in [6.45, 7) is 5.52. The number of benzene rings is 2. The van der Waals surface area contributed by atoms with Gasteiger partial charge in [-0.25, -0.2) is 9.97 Å². The van der Waals surface area contributed by atoms with Crippen molar-refractivity contribution >= 4 is 29.6 Å². The van der Waals surface area contributed by atoms with Crippen molar-refractivity contribution < 1.29 is 13.9 Å². The molecule has 0 atom stereocenters. The summed E-state index contributed by atoms with van der Waals surface area (Å²) < 4.78 is 10.7. The maximum atomic E-state index is 12.4. The van der Waals surface area contributed by atoms with Crippen LogP contribution >= 0.6 is 11.8 Å². The lowest BCUT2D eigenvalue weighted by Gasteiger charge is -2.35. The van der Waals surface area contributed by atoms with Gasteiger partial charge in [0.1, 0.15) is 11.6 Å². The van der Waals surface area contributed by atoms with Crippen molar-refractivity contribution in [3.8, 4) is 0 Å². The number of nitrogens with one attached hydrogen (secondary N) is 1. The van der Waals surface area contributed by atoms with Gasteiger partial charge in [-0.3, -0.25) is 9.69 Å². The third-order valence-electron chi connectivity index (χ3n) is 6.79. The van der Waals surface area contributed by atoms with Crippen LogP contribution in [0.2, 0.25) is 0 Å².